The van der Waals surface area contributed by atoms with Crippen LogP contribution in [0.5, 0.6) is 0 Å². The van der Waals surface area contributed by atoms with Gasteiger partial charge in [0, 0.05) is 12.7 Å². The second-order valence-corrected chi connectivity index (χ2v) is 5.10. The second kappa shape index (κ2) is 6.57. The second-order valence-electron chi connectivity index (χ2n) is 5.10. The summed E-state index contributed by atoms with van der Waals surface area (Å²) < 4.78 is 5.59. The maximum absolute atomic E-state index is 9.36. The highest BCUT2D eigenvalue weighted by Crippen LogP contribution is 2.18. The summed E-state index contributed by atoms with van der Waals surface area (Å²) in [6.45, 7) is 4.77. The third kappa shape index (κ3) is 3.61. The number of aryl methyl sites for hydroxylation is 2. The van der Waals surface area contributed by atoms with E-state index in [9.17, 15) is 5.11 Å². The maximum atomic E-state index is 9.36. The summed E-state index contributed by atoms with van der Waals surface area (Å²) >= 11 is 0. The van der Waals surface area contributed by atoms with Crippen molar-refractivity contribution in [2.24, 2.45) is 0 Å². The van der Waals surface area contributed by atoms with Gasteiger partial charge in [-0.1, -0.05) is 13.3 Å². The van der Waals surface area contributed by atoms with E-state index < -0.39 is 0 Å². The van der Waals surface area contributed by atoms with E-state index in [1.165, 1.54) is 0 Å². The van der Waals surface area contributed by atoms with Crippen LogP contribution in [-0.2, 0) is 19.6 Å². The molecule has 2 aromatic heterocycles. The van der Waals surface area contributed by atoms with Crippen LogP contribution >= 0.6 is 0 Å². The number of aliphatic hydroxyl groups is 1. The molecule has 0 saturated carbocycles. The average Bonchev–Trinajstić information content (AvgIpc) is 2.84. The molecule has 0 aromatic carbocycles. The van der Waals surface area contributed by atoms with Crippen LogP contribution in [0, 0.1) is 6.92 Å². The molecule has 0 atom stereocenters. The van der Waals surface area contributed by atoms with E-state index in [2.05, 4.69) is 11.9 Å². The zero-order valence-corrected chi connectivity index (χ0v) is 12.4. The molecule has 0 aliphatic rings. The number of hydrogen-bond donors (Lipinski definition) is 1. The summed E-state index contributed by atoms with van der Waals surface area (Å²) in [5.74, 6) is 2.70. The Morgan fingerprint density at radius 3 is 2.70 bits per heavy atom. The molecule has 4 nitrogen and oxygen atoms in total. The number of furan rings is 1. The topological polar surface area (TPSA) is 49.5 Å². The van der Waals surface area contributed by atoms with Crippen molar-refractivity contribution >= 4 is 5.82 Å². The van der Waals surface area contributed by atoms with Crippen molar-refractivity contribution < 1.29 is 9.52 Å². The molecule has 2 aromatic rings. The summed E-state index contributed by atoms with van der Waals surface area (Å²) in [6.07, 6.45) is 1.97. The normalized spacial score (nSPS) is 10.8. The molecule has 2 heterocycles. The van der Waals surface area contributed by atoms with E-state index in [1.54, 1.807) is 0 Å². The molecular formula is C16H22N2O2. The van der Waals surface area contributed by atoms with E-state index >= 15 is 0 Å². The Hall–Kier alpha value is -1.81. The van der Waals surface area contributed by atoms with E-state index in [0.717, 1.165) is 41.4 Å². The molecule has 108 valence electrons. The van der Waals surface area contributed by atoms with Crippen molar-refractivity contribution in [2.45, 2.75) is 39.8 Å². The third-order valence-electron chi connectivity index (χ3n) is 3.19. The van der Waals surface area contributed by atoms with Gasteiger partial charge in [0.2, 0.25) is 0 Å². The number of rotatable bonds is 6. The molecular weight excluding hydrogens is 252 g/mol. The average molecular weight is 274 g/mol. The largest absolute Gasteiger partial charge is 0.464 e. The van der Waals surface area contributed by atoms with Crippen LogP contribution in [0.15, 0.2) is 28.7 Å². The first-order valence-corrected chi connectivity index (χ1v) is 6.99. The summed E-state index contributed by atoms with van der Waals surface area (Å²) in [6, 6.07) is 7.84. The molecule has 0 fully saturated rings. The minimum absolute atomic E-state index is 0.0416. The SMILES string of the molecule is CCCc1cc(CO)cc(N(C)Cc2ccc(C)o2)n1. The van der Waals surface area contributed by atoms with Gasteiger partial charge in [0.25, 0.3) is 0 Å². The van der Waals surface area contributed by atoms with Gasteiger partial charge in [0.05, 0.1) is 13.2 Å². The summed E-state index contributed by atoms with van der Waals surface area (Å²) in [4.78, 5) is 6.69. The molecule has 20 heavy (non-hydrogen) atoms. The van der Waals surface area contributed by atoms with Crippen molar-refractivity contribution in [3.63, 3.8) is 0 Å². The van der Waals surface area contributed by atoms with Crippen molar-refractivity contribution in [1.29, 1.82) is 0 Å². The Bertz CT molecular complexity index is 563. The van der Waals surface area contributed by atoms with Crippen LogP contribution in [0.3, 0.4) is 0 Å². The highest BCUT2D eigenvalue weighted by atomic mass is 16.3. The Morgan fingerprint density at radius 2 is 2.10 bits per heavy atom. The van der Waals surface area contributed by atoms with Crippen LogP contribution < -0.4 is 4.90 Å². The molecule has 0 unspecified atom stereocenters. The van der Waals surface area contributed by atoms with Crippen LogP contribution in [0.2, 0.25) is 0 Å². The van der Waals surface area contributed by atoms with Gasteiger partial charge in [-0.15, -0.1) is 0 Å². The lowest BCUT2D eigenvalue weighted by Crippen LogP contribution is -2.18. The third-order valence-corrected chi connectivity index (χ3v) is 3.19. The first-order chi connectivity index (χ1) is 9.62. The number of hydrogen-bond acceptors (Lipinski definition) is 4. The minimum Gasteiger partial charge on any atom is -0.464 e. The summed E-state index contributed by atoms with van der Waals surface area (Å²) in [7, 11) is 1.98. The zero-order chi connectivity index (χ0) is 14.5. The first-order valence-electron chi connectivity index (χ1n) is 6.99. The van der Waals surface area contributed by atoms with Gasteiger partial charge in [-0.2, -0.15) is 0 Å². The molecule has 1 N–H and O–H groups in total. The number of aliphatic hydroxyl groups excluding tert-OH is 1. The molecule has 0 aliphatic heterocycles. The molecule has 0 spiro atoms. The highest BCUT2D eigenvalue weighted by molar-refractivity contribution is 5.42. The molecule has 2 rings (SSSR count). The fraction of sp³-hybridized carbons (Fsp3) is 0.438. The zero-order valence-electron chi connectivity index (χ0n) is 12.4. The molecule has 0 bridgehead atoms. The molecule has 0 aliphatic carbocycles. The van der Waals surface area contributed by atoms with E-state index in [-0.39, 0.29) is 6.61 Å². The Labute approximate surface area is 120 Å². The molecule has 0 amide bonds. The van der Waals surface area contributed by atoms with Crippen LogP contribution in [-0.4, -0.2) is 17.1 Å². The molecule has 4 heteroatoms. The molecule has 0 saturated heterocycles. The van der Waals surface area contributed by atoms with Gasteiger partial charge in [-0.3, -0.25) is 0 Å². The van der Waals surface area contributed by atoms with Gasteiger partial charge >= 0.3 is 0 Å². The van der Waals surface area contributed by atoms with Gasteiger partial charge < -0.3 is 14.4 Å². The number of aromatic nitrogens is 1. The first kappa shape index (κ1) is 14.6. The number of anilines is 1. The Kier molecular flexibility index (Phi) is 4.79. The van der Waals surface area contributed by atoms with Crippen LogP contribution in [0.25, 0.3) is 0 Å². The Balaban J connectivity index is 2.19. The van der Waals surface area contributed by atoms with Gasteiger partial charge in [0.15, 0.2) is 0 Å². The summed E-state index contributed by atoms with van der Waals surface area (Å²) in [5.41, 5.74) is 1.93. The monoisotopic (exact) mass is 274 g/mol. The smallest absolute Gasteiger partial charge is 0.129 e. The van der Waals surface area contributed by atoms with E-state index in [1.807, 2.05) is 43.1 Å². The minimum atomic E-state index is 0.0416. The maximum Gasteiger partial charge on any atom is 0.129 e. The summed E-state index contributed by atoms with van der Waals surface area (Å²) in [5, 5.41) is 9.36. The van der Waals surface area contributed by atoms with Crippen molar-refractivity contribution in [3.05, 3.63) is 47.0 Å². The number of pyridine rings is 1. The fourth-order valence-corrected chi connectivity index (χ4v) is 2.19. The lowest BCUT2D eigenvalue weighted by atomic mass is 10.1. The van der Waals surface area contributed by atoms with Crippen molar-refractivity contribution in [1.82, 2.24) is 4.98 Å². The fourth-order valence-electron chi connectivity index (χ4n) is 2.19. The van der Waals surface area contributed by atoms with Crippen molar-refractivity contribution in [3.8, 4) is 0 Å². The molecule has 0 radical (unpaired) electrons. The van der Waals surface area contributed by atoms with Gasteiger partial charge in [-0.25, -0.2) is 4.98 Å². The van der Waals surface area contributed by atoms with E-state index in [0.29, 0.717) is 6.54 Å². The van der Waals surface area contributed by atoms with Crippen LogP contribution in [0.4, 0.5) is 5.82 Å². The lowest BCUT2D eigenvalue weighted by Gasteiger charge is -2.18. The predicted octanol–water partition coefficient (Wildman–Crippen LogP) is 3.06. The van der Waals surface area contributed by atoms with Gasteiger partial charge in [0.1, 0.15) is 17.3 Å². The standard InChI is InChI=1S/C16H22N2O2/c1-4-5-14-8-13(11-19)9-16(17-14)18(3)10-15-7-6-12(2)20-15/h6-9,19H,4-5,10-11H2,1-3H3. The highest BCUT2D eigenvalue weighted by Gasteiger charge is 2.09. The Morgan fingerprint density at radius 1 is 1.30 bits per heavy atom. The number of nitrogens with zero attached hydrogens (tertiary/aromatic N) is 2. The van der Waals surface area contributed by atoms with E-state index in [4.69, 9.17) is 4.42 Å². The van der Waals surface area contributed by atoms with Crippen molar-refractivity contribution in [2.75, 3.05) is 11.9 Å². The predicted molar refractivity (Wildman–Crippen MR) is 79.7 cm³/mol. The van der Waals surface area contributed by atoms with Crippen LogP contribution in [0.1, 0.15) is 36.1 Å². The quantitative estimate of drug-likeness (QED) is 0.879. The van der Waals surface area contributed by atoms with Gasteiger partial charge in [-0.05, 0) is 43.2 Å². The lowest BCUT2D eigenvalue weighted by molar-refractivity contribution is 0.281.